The van der Waals surface area contributed by atoms with Gasteiger partial charge in [-0.2, -0.15) is 0 Å². The van der Waals surface area contributed by atoms with Gasteiger partial charge in [0, 0.05) is 0 Å². The fourth-order valence-corrected chi connectivity index (χ4v) is 6.27. The predicted octanol–water partition coefficient (Wildman–Crippen LogP) is 6.88. The number of hydrogen-bond acceptors (Lipinski definition) is 4. The van der Waals surface area contributed by atoms with Crippen LogP contribution in [-0.2, 0) is 24.5 Å². The van der Waals surface area contributed by atoms with E-state index in [4.69, 9.17) is 0 Å². The second kappa shape index (κ2) is 12.5. The summed E-state index contributed by atoms with van der Waals surface area (Å²) >= 11 is 1.47. The molecule has 0 saturated heterocycles. The Kier molecular flexibility index (Phi) is 10.8. The Hall–Kier alpha value is -1.03. The van der Waals surface area contributed by atoms with Gasteiger partial charge in [-0.25, -0.2) is 0 Å². The number of rotatable bonds is 11. The maximum atomic E-state index is 4.18. The van der Waals surface area contributed by atoms with Crippen molar-refractivity contribution in [1.29, 1.82) is 0 Å². The third-order valence-corrected chi connectivity index (χ3v) is 9.63. The normalized spacial score (nSPS) is 13.9. The Labute approximate surface area is 231 Å². The van der Waals surface area contributed by atoms with Crippen molar-refractivity contribution >= 4 is 22.1 Å². The molecule has 7 heteroatoms. The number of hydrogen-bond donors (Lipinski definition) is 2. The molecule has 0 saturated carbocycles. The molecule has 191 valence electrons. The van der Waals surface area contributed by atoms with E-state index in [1.165, 1.54) is 58.1 Å². The SMILES string of the molecule is CC(C)c1cccc(C(C)C)c1NB(N(C)C)[B-]([Zr])(Nc1c(C(C)C)cccc1C(C)C)N(C)C. The quantitative estimate of drug-likeness (QED) is 0.297. The molecule has 0 aliphatic carbocycles. The Morgan fingerprint density at radius 2 is 1.00 bits per heavy atom. The van der Waals surface area contributed by atoms with Crippen molar-refractivity contribution in [3.05, 3.63) is 58.7 Å². The van der Waals surface area contributed by atoms with Crippen LogP contribution in [0.3, 0.4) is 0 Å². The van der Waals surface area contributed by atoms with Crippen LogP contribution < -0.4 is 10.5 Å². The van der Waals surface area contributed by atoms with E-state index in [9.17, 15) is 0 Å². The molecule has 1 atom stereocenters. The van der Waals surface area contributed by atoms with Crippen LogP contribution in [0.2, 0.25) is 0 Å². The first-order valence-corrected chi connectivity index (χ1v) is 14.7. The van der Waals surface area contributed by atoms with Gasteiger partial charge < -0.3 is 0 Å². The molecule has 0 fully saturated rings. The van der Waals surface area contributed by atoms with Crippen molar-refractivity contribution in [2.45, 2.75) is 79.1 Å². The third kappa shape index (κ3) is 6.85. The number of anilines is 2. The zero-order valence-corrected chi connectivity index (χ0v) is 26.8. The van der Waals surface area contributed by atoms with E-state index in [2.05, 4.69) is 140 Å². The first-order chi connectivity index (χ1) is 16.2. The van der Waals surface area contributed by atoms with E-state index in [1.54, 1.807) is 0 Å². The summed E-state index contributed by atoms with van der Waals surface area (Å²) < 4.78 is -1.17. The number of benzene rings is 2. The summed E-state index contributed by atoms with van der Waals surface area (Å²) in [6.45, 7) is 18.5. The standard InChI is InChI=1S/C28H48B2N4.Zr/c1-19(2)23-15-13-16-24(20(3)4)27(23)31-29(33(9)10)30(34(11)12)32-28-25(21(5)6)17-14-18-26(28)22(7)8;/h13-22,31-32H,1-12H3;/q;-1. The Balaban J connectivity index is 2.70. The first-order valence-electron chi connectivity index (χ1n) is 13.3. The van der Waals surface area contributed by atoms with Gasteiger partial charge in [0.1, 0.15) is 0 Å². The molecule has 0 spiro atoms. The Bertz CT molecular complexity index is 923. The third-order valence-electron chi connectivity index (χ3n) is 7.23. The minimum absolute atomic E-state index is 0.112. The van der Waals surface area contributed by atoms with Crippen molar-refractivity contribution in [3.63, 3.8) is 0 Å². The zero-order chi connectivity index (χ0) is 26.7. The van der Waals surface area contributed by atoms with Crippen molar-refractivity contribution in [1.82, 2.24) is 9.62 Å². The van der Waals surface area contributed by atoms with E-state index in [1.807, 2.05) is 0 Å². The summed E-state index contributed by atoms with van der Waals surface area (Å²) in [6, 6.07) is 13.6. The zero-order valence-electron chi connectivity index (χ0n) is 24.3. The average Bonchev–Trinajstić information content (AvgIpc) is 2.76. The Morgan fingerprint density at radius 1 is 0.657 bits per heavy atom. The first kappa shape index (κ1) is 30.2. The van der Waals surface area contributed by atoms with Crippen LogP contribution >= 0.6 is 0 Å². The van der Waals surface area contributed by atoms with E-state index in [-0.39, 0.29) is 6.87 Å². The molecule has 0 aromatic heterocycles. The van der Waals surface area contributed by atoms with Gasteiger partial charge in [0.25, 0.3) is 0 Å². The fourth-order valence-electron chi connectivity index (χ4n) is 4.97. The van der Waals surface area contributed by atoms with Gasteiger partial charge in [-0.05, 0) is 0 Å². The van der Waals surface area contributed by atoms with Crippen molar-refractivity contribution in [2.75, 3.05) is 38.6 Å². The van der Waals surface area contributed by atoms with Crippen LogP contribution in [0, 0.1) is 0 Å². The summed E-state index contributed by atoms with van der Waals surface area (Å²) in [7, 11) is 8.86. The topological polar surface area (TPSA) is 30.5 Å². The molecule has 2 N–H and O–H groups in total. The Morgan fingerprint density at radius 3 is 1.29 bits per heavy atom. The van der Waals surface area contributed by atoms with Gasteiger partial charge in [0.2, 0.25) is 0 Å². The molecule has 0 amide bonds. The van der Waals surface area contributed by atoms with Crippen molar-refractivity contribution in [2.24, 2.45) is 0 Å². The molecule has 1 unspecified atom stereocenters. The maximum absolute atomic E-state index is 4.18. The molecule has 35 heavy (non-hydrogen) atoms. The minimum atomic E-state index is -1.17. The molecular formula is C28H48B2N4Zr-. The van der Waals surface area contributed by atoms with Gasteiger partial charge in [0.15, 0.2) is 0 Å². The van der Waals surface area contributed by atoms with Gasteiger partial charge >= 0.3 is 233 Å². The molecule has 2 aromatic rings. The number of para-hydroxylation sites is 2. The van der Waals surface area contributed by atoms with Crippen LogP contribution in [-0.4, -0.2) is 48.5 Å². The van der Waals surface area contributed by atoms with Crippen LogP contribution in [0.1, 0.15) is 101 Å². The second-order valence-electron chi connectivity index (χ2n) is 11.8. The van der Waals surface area contributed by atoms with Crippen molar-refractivity contribution in [3.8, 4) is 0 Å². The van der Waals surface area contributed by atoms with E-state index in [0.29, 0.717) is 23.7 Å². The van der Waals surface area contributed by atoms with E-state index < -0.39 is 3.84 Å². The average molecular weight is 554 g/mol. The molecule has 2 rings (SSSR count). The molecule has 0 bridgehead atoms. The summed E-state index contributed by atoms with van der Waals surface area (Å²) in [4.78, 5) is 4.78. The number of nitrogens with zero attached hydrogens (tertiary/aromatic N) is 2. The summed E-state index contributed by atoms with van der Waals surface area (Å²) in [5.74, 6) is 1.81. The van der Waals surface area contributed by atoms with Crippen LogP contribution in [0.4, 0.5) is 11.4 Å². The summed E-state index contributed by atoms with van der Waals surface area (Å²) in [6.07, 6.45) is 0. The van der Waals surface area contributed by atoms with Crippen molar-refractivity contribution < 1.29 is 24.5 Å². The number of nitrogens with one attached hydrogen (secondary N) is 2. The fraction of sp³-hybridized carbons (Fsp3) is 0.571. The monoisotopic (exact) mass is 552 g/mol. The molecule has 0 aliphatic rings. The van der Waals surface area contributed by atoms with E-state index in [0.717, 1.165) is 0 Å². The molecule has 2 aromatic carbocycles. The molecule has 0 aliphatic heterocycles. The predicted molar refractivity (Wildman–Crippen MR) is 155 cm³/mol. The summed E-state index contributed by atoms with van der Waals surface area (Å²) in [5.41, 5.74) is 8.19. The van der Waals surface area contributed by atoms with Gasteiger partial charge in [-0.3, -0.25) is 0 Å². The molecular weight excluding hydrogens is 505 g/mol. The van der Waals surface area contributed by atoms with Gasteiger partial charge in [0.05, 0.1) is 0 Å². The van der Waals surface area contributed by atoms with E-state index >= 15 is 0 Å². The second-order valence-corrected chi connectivity index (χ2v) is 14.0. The van der Waals surface area contributed by atoms with Crippen LogP contribution in [0.25, 0.3) is 0 Å². The summed E-state index contributed by atoms with van der Waals surface area (Å²) in [5, 5.41) is 8.27. The molecule has 4 nitrogen and oxygen atoms in total. The van der Waals surface area contributed by atoms with Gasteiger partial charge in [-0.1, -0.05) is 0 Å². The van der Waals surface area contributed by atoms with Gasteiger partial charge in [-0.15, -0.1) is 0 Å². The molecule has 0 radical (unpaired) electrons. The van der Waals surface area contributed by atoms with Crippen LogP contribution in [0.5, 0.6) is 0 Å². The molecule has 0 heterocycles. The van der Waals surface area contributed by atoms with Crippen LogP contribution in [0.15, 0.2) is 36.4 Å².